The van der Waals surface area contributed by atoms with Crippen molar-refractivity contribution >= 4 is 29.9 Å². The van der Waals surface area contributed by atoms with Crippen molar-refractivity contribution in [3.8, 4) is 11.5 Å². The molecule has 2 N–H and O–H groups in total. The van der Waals surface area contributed by atoms with Gasteiger partial charge in [0.2, 0.25) is 0 Å². The number of rotatable bonds is 9. The van der Waals surface area contributed by atoms with Crippen LogP contribution in [0.25, 0.3) is 0 Å². The van der Waals surface area contributed by atoms with Crippen LogP contribution >= 0.6 is 24.0 Å². The van der Waals surface area contributed by atoms with Crippen LogP contribution in [-0.4, -0.2) is 71.5 Å². The third-order valence-electron chi connectivity index (χ3n) is 5.58. The lowest BCUT2D eigenvalue weighted by molar-refractivity contribution is 0.0170. The van der Waals surface area contributed by atoms with Crippen molar-refractivity contribution in [1.29, 1.82) is 0 Å². The molecule has 9 heteroatoms. The van der Waals surface area contributed by atoms with Crippen molar-refractivity contribution in [3.63, 3.8) is 0 Å². The van der Waals surface area contributed by atoms with E-state index in [4.69, 9.17) is 14.2 Å². The molecule has 1 heterocycles. The summed E-state index contributed by atoms with van der Waals surface area (Å²) in [7, 11) is 5.02. The molecule has 2 aromatic carbocycles. The van der Waals surface area contributed by atoms with Crippen molar-refractivity contribution in [2.24, 2.45) is 4.99 Å². The molecular weight excluding hydrogens is 538 g/mol. The summed E-state index contributed by atoms with van der Waals surface area (Å²) in [4.78, 5) is 6.71. The van der Waals surface area contributed by atoms with Crippen molar-refractivity contribution in [1.82, 2.24) is 15.5 Å². The van der Waals surface area contributed by atoms with Crippen molar-refractivity contribution in [3.05, 3.63) is 59.4 Å². The highest BCUT2D eigenvalue weighted by molar-refractivity contribution is 14.0. The summed E-state index contributed by atoms with van der Waals surface area (Å²) in [5, 5.41) is 6.79. The molecule has 1 atom stereocenters. The molecule has 182 valence electrons. The molecule has 3 rings (SSSR count). The Labute approximate surface area is 212 Å². The summed E-state index contributed by atoms with van der Waals surface area (Å²) >= 11 is 0. The number of nitrogens with zero attached hydrogens (tertiary/aromatic N) is 2. The zero-order valence-electron chi connectivity index (χ0n) is 19.5. The van der Waals surface area contributed by atoms with Gasteiger partial charge in [0.05, 0.1) is 33.5 Å². The van der Waals surface area contributed by atoms with Crippen molar-refractivity contribution in [2.45, 2.75) is 12.5 Å². The molecule has 0 bridgehead atoms. The van der Waals surface area contributed by atoms with Gasteiger partial charge in [0, 0.05) is 33.2 Å². The number of ether oxygens (including phenoxy) is 3. The SMILES string of the molecule is CN=C(NCCc1ccc(OC)c(OC)c1)NCC(c1ccc(F)cc1)N1CCOCC1.I. The van der Waals surface area contributed by atoms with Gasteiger partial charge >= 0.3 is 0 Å². The molecular formula is C24H34FIN4O3. The van der Waals surface area contributed by atoms with E-state index in [1.165, 1.54) is 12.1 Å². The Morgan fingerprint density at radius 1 is 1.06 bits per heavy atom. The Bertz CT molecular complexity index is 877. The quantitative estimate of drug-likeness (QED) is 0.274. The Kier molecular flexibility index (Phi) is 11.7. The first kappa shape index (κ1) is 27.1. The first-order chi connectivity index (χ1) is 15.6. The monoisotopic (exact) mass is 572 g/mol. The van der Waals surface area contributed by atoms with Gasteiger partial charge < -0.3 is 24.8 Å². The smallest absolute Gasteiger partial charge is 0.191 e. The molecule has 1 unspecified atom stereocenters. The number of hydrogen-bond acceptors (Lipinski definition) is 5. The van der Waals surface area contributed by atoms with Crippen LogP contribution in [0.1, 0.15) is 17.2 Å². The molecule has 1 fully saturated rings. The summed E-state index contributed by atoms with van der Waals surface area (Å²) in [5.74, 6) is 1.94. The molecule has 0 spiro atoms. The zero-order valence-corrected chi connectivity index (χ0v) is 21.8. The van der Waals surface area contributed by atoms with Crippen LogP contribution in [0.15, 0.2) is 47.5 Å². The number of morpholine rings is 1. The minimum absolute atomic E-state index is 0. The number of benzene rings is 2. The molecule has 0 radical (unpaired) electrons. The fraction of sp³-hybridized carbons (Fsp3) is 0.458. The van der Waals surface area contributed by atoms with Crippen LogP contribution in [0, 0.1) is 5.82 Å². The molecule has 1 saturated heterocycles. The number of nitrogens with one attached hydrogen (secondary N) is 2. The van der Waals surface area contributed by atoms with Gasteiger partial charge in [0.1, 0.15) is 5.82 Å². The molecule has 7 nitrogen and oxygen atoms in total. The first-order valence-electron chi connectivity index (χ1n) is 10.9. The lowest BCUT2D eigenvalue weighted by atomic mass is 10.0. The normalized spacial score (nSPS) is 15.3. The molecule has 0 amide bonds. The highest BCUT2D eigenvalue weighted by atomic mass is 127. The van der Waals surface area contributed by atoms with Crippen LogP contribution in [0.5, 0.6) is 11.5 Å². The number of halogens is 2. The van der Waals surface area contributed by atoms with Crippen LogP contribution in [0.4, 0.5) is 4.39 Å². The summed E-state index contributed by atoms with van der Waals surface area (Å²) in [6, 6.07) is 12.8. The number of methoxy groups -OCH3 is 2. The van der Waals surface area contributed by atoms with Gasteiger partial charge in [0.15, 0.2) is 17.5 Å². The van der Waals surface area contributed by atoms with E-state index in [9.17, 15) is 4.39 Å². The van der Waals surface area contributed by atoms with E-state index in [1.54, 1.807) is 21.3 Å². The van der Waals surface area contributed by atoms with Gasteiger partial charge in [-0.15, -0.1) is 24.0 Å². The van der Waals surface area contributed by atoms with Crippen molar-refractivity contribution in [2.75, 3.05) is 60.7 Å². The highest BCUT2D eigenvalue weighted by Crippen LogP contribution is 2.27. The van der Waals surface area contributed by atoms with E-state index in [-0.39, 0.29) is 35.8 Å². The summed E-state index contributed by atoms with van der Waals surface area (Å²) in [6.45, 7) is 4.46. The Balaban J connectivity index is 0.00000385. The summed E-state index contributed by atoms with van der Waals surface area (Å²) in [5.41, 5.74) is 2.21. The molecule has 0 saturated carbocycles. The average Bonchev–Trinajstić information content (AvgIpc) is 2.84. The van der Waals surface area contributed by atoms with E-state index >= 15 is 0 Å². The molecule has 0 aliphatic carbocycles. The fourth-order valence-electron chi connectivity index (χ4n) is 3.81. The van der Waals surface area contributed by atoms with Gasteiger partial charge in [-0.25, -0.2) is 4.39 Å². The standard InChI is InChI=1S/C24H33FN4O3.HI/c1-26-24(27-11-10-18-4-9-22(30-2)23(16-18)31-3)28-17-21(29-12-14-32-15-13-29)19-5-7-20(25)8-6-19;/h4-9,16,21H,10-15,17H2,1-3H3,(H2,26,27,28);1H. The van der Waals surface area contributed by atoms with Gasteiger partial charge in [-0.2, -0.15) is 0 Å². The van der Waals surface area contributed by atoms with Crippen molar-refractivity contribution < 1.29 is 18.6 Å². The lowest BCUT2D eigenvalue weighted by Crippen LogP contribution is -2.46. The minimum atomic E-state index is -0.227. The van der Waals surface area contributed by atoms with Crippen LogP contribution in [-0.2, 0) is 11.2 Å². The Morgan fingerprint density at radius 2 is 1.76 bits per heavy atom. The second kappa shape index (κ2) is 14.2. The van der Waals surface area contributed by atoms with Gasteiger partial charge in [-0.3, -0.25) is 9.89 Å². The molecule has 1 aliphatic rings. The van der Waals surface area contributed by atoms with E-state index in [1.807, 2.05) is 30.3 Å². The van der Waals surface area contributed by atoms with Crippen LogP contribution < -0.4 is 20.1 Å². The van der Waals surface area contributed by atoms with Crippen LogP contribution in [0.3, 0.4) is 0 Å². The average molecular weight is 572 g/mol. The third kappa shape index (κ3) is 8.01. The molecule has 33 heavy (non-hydrogen) atoms. The predicted octanol–water partition coefficient (Wildman–Crippen LogP) is 3.24. The molecule has 0 aromatic heterocycles. The van der Waals surface area contributed by atoms with Crippen LogP contribution in [0.2, 0.25) is 0 Å². The first-order valence-corrected chi connectivity index (χ1v) is 10.9. The maximum absolute atomic E-state index is 13.4. The van der Waals surface area contributed by atoms with Gasteiger partial charge in [0.25, 0.3) is 0 Å². The van der Waals surface area contributed by atoms with Gasteiger partial charge in [-0.05, 0) is 41.8 Å². The maximum atomic E-state index is 13.4. The topological polar surface area (TPSA) is 67.4 Å². The highest BCUT2D eigenvalue weighted by Gasteiger charge is 2.23. The molecule has 2 aromatic rings. The predicted molar refractivity (Wildman–Crippen MR) is 140 cm³/mol. The Hall–Kier alpha value is -2.11. The van der Waals surface area contributed by atoms with Gasteiger partial charge in [-0.1, -0.05) is 18.2 Å². The van der Waals surface area contributed by atoms with E-state index in [0.717, 1.165) is 48.1 Å². The number of hydrogen-bond donors (Lipinski definition) is 2. The summed E-state index contributed by atoms with van der Waals surface area (Å²) in [6.07, 6.45) is 0.811. The lowest BCUT2D eigenvalue weighted by Gasteiger charge is -2.35. The largest absolute Gasteiger partial charge is 0.493 e. The number of guanidine groups is 1. The zero-order chi connectivity index (χ0) is 22.8. The maximum Gasteiger partial charge on any atom is 0.191 e. The third-order valence-corrected chi connectivity index (χ3v) is 5.58. The number of aliphatic imine (C=N–C) groups is 1. The second-order valence-electron chi connectivity index (χ2n) is 7.53. The van der Waals surface area contributed by atoms with E-state index in [0.29, 0.717) is 26.3 Å². The minimum Gasteiger partial charge on any atom is -0.493 e. The second-order valence-corrected chi connectivity index (χ2v) is 7.53. The fourth-order valence-corrected chi connectivity index (χ4v) is 3.81. The molecule has 1 aliphatic heterocycles. The van der Waals surface area contributed by atoms with E-state index < -0.39 is 0 Å². The van der Waals surface area contributed by atoms with E-state index in [2.05, 4.69) is 20.5 Å². The Morgan fingerprint density at radius 3 is 2.39 bits per heavy atom. The summed E-state index contributed by atoms with van der Waals surface area (Å²) < 4.78 is 29.6.